The number of aliphatic imine (C=N–C) groups is 1. The molecule has 0 aromatic heterocycles. The molecule has 0 fully saturated rings. The first kappa shape index (κ1) is 13.9. The van der Waals surface area contributed by atoms with Crippen LogP contribution in [0.5, 0.6) is 0 Å². The highest BCUT2D eigenvalue weighted by Crippen LogP contribution is 2.28. The van der Waals surface area contributed by atoms with E-state index in [2.05, 4.69) is 35.5 Å². The fraction of sp³-hybridized carbons (Fsp3) is 0.533. The molecule has 0 saturated carbocycles. The van der Waals surface area contributed by atoms with Crippen LogP contribution in [0.15, 0.2) is 40.8 Å². The van der Waals surface area contributed by atoms with E-state index in [-0.39, 0.29) is 12.0 Å². The average Bonchev–Trinajstić information content (AvgIpc) is 2.44. The first-order valence-corrected chi connectivity index (χ1v) is 6.88. The molecule has 0 amide bonds. The Morgan fingerprint density at radius 3 is 3.11 bits per heavy atom. The Morgan fingerprint density at radius 1 is 1.53 bits per heavy atom. The van der Waals surface area contributed by atoms with Gasteiger partial charge in [0.15, 0.2) is 0 Å². The predicted molar refractivity (Wildman–Crippen MR) is 79.0 cm³/mol. The van der Waals surface area contributed by atoms with E-state index in [9.17, 15) is 0 Å². The van der Waals surface area contributed by atoms with E-state index < -0.39 is 0 Å². The number of nitrogens with two attached hydrogens (primary N) is 1. The van der Waals surface area contributed by atoms with E-state index in [4.69, 9.17) is 10.5 Å². The number of ether oxygens (including phenoxy) is 1. The zero-order chi connectivity index (χ0) is 13.7. The zero-order valence-electron chi connectivity index (χ0n) is 11.7. The van der Waals surface area contributed by atoms with Crippen molar-refractivity contribution < 1.29 is 4.74 Å². The standard InChI is InChI=1S/C15H23N3O/c1-11(5-3-7-16)18-14-10-13(19-2)9-12-6-4-8-17-15(12)14/h4,6,8-12,15,18H,3,5,7,16H2,1-2H3. The minimum atomic E-state index is 0.157. The lowest BCUT2D eigenvalue weighted by atomic mass is 9.89. The van der Waals surface area contributed by atoms with Crippen molar-refractivity contribution in [2.24, 2.45) is 16.6 Å². The van der Waals surface area contributed by atoms with Gasteiger partial charge in [0.25, 0.3) is 0 Å². The second-order valence-corrected chi connectivity index (χ2v) is 5.05. The molecule has 4 nitrogen and oxygen atoms in total. The summed E-state index contributed by atoms with van der Waals surface area (Å²) in [7, 11) is 1.70. The van der Waals surface area contributed by atoms with Gasteiger partial charge in [0.05, 0.1) is 13.2 Å². The van der Waals surface area contributed by atoms with Gasteiger partial charge < -0.3 is 15.8 Å². The predicted octanol–water partition coefficient (Wildman–Crippen LogP) is 1.76. The lowest BCUT2D eigenvalue weighted by Crippen LogP contribution is -2.36. The summed E-state index contributed by atoms with van der Waals surface area (Å²) in [6.45, 7) is 2.92. The van der Waals surface area contributed by atoms with Gasteiger partial charge in [-0.25, -0.2) is 0 Å². The first-order valence-electron chi connectivity index (χ1n) is 6.88. The molecular formula is C15H23N3O. The van der Waals surface area contributed by atoms with Crippen molar-refractivity contribution in [3.05, 3.63) is 35.8 Å². The number of nitrogens with zero attached hydrogens (tertiary/aromatic N) is 1. The molecule has 3 N–H and O–H groups in total. The molecule has 2 aliphatic rings. The van der Waals surface area contributed by atoms with Crippen LogP contribution in [0.3, 0.4) is 0 Å². The van der Waals surface area contributed by atoms with Gasteiger partial charge in [-0.3, -0.25) is 4.99 Å². The maximum absolute atomic E-state index is 5.56. The summed E-state index contributed by atoms with van der Waals surface area (Å²) < 4.78 is 5.37. The molecule has 3 unspecified atom stereocenters. The first-order chi connectivity index (χ1) is 9.24. The quantitative estimate of drug-likeness (QED) is 0.766. The van der Waals surface area contributed by atoms with Gasteiger partial charge in [-0.2, -0.15) is 0 Å². The Kier molecular flexibility index (Phi) is 4.80. The molecule has 3 atom stereocenters. The lowest BCUT2D eigenvalue weighted by Gasteiger charge is -2.30. The molecule has 2 rings (SSSR count). The van der Waals surface area contributed by atoms with E-state index in [0.29, 0.717) is 6.04 Å². The van der Waals surface area contributed by atoms with Gasteiger partial charge in [-0.05, 0) is 38.5 Å². The highest BCUT2D eigenvalue weighted by molar-refractivity contribution is 5.73. The number of nitrogens with one attached hydrogen (secondary N) is 1. The molecule has 1 aliphatic carbocycles. The van der Waals surface area contributed by atoms with Crippen LogP contribution in [0, 0.1) is 5.92 Å². The van der Waals surface area contributed by atoms with E-state index in [1.165, 1.54) is 0 Å². The summed E-state index contributed by atoms with van der Waals surface area (Å²) in [6, 6.07) is 0.553. The zero-order valence-corrected chi connectivity index (χ0v) is 11.7. The van der Waals surface area contributed by atoms with Crippen LogP contribution in [0.2, 0.25) is 0 Å². The molecule has 0 bridgehead atoms. The number of allylic oxidation sites excluding steroid dienone is 2. The third-order valence-electron chi connectivity index (χ3n) is 3.49. The third kappa shape index (κ3) is 3.47. The summed E-state index contributed by atoms with van der Waals surface area (Å²) in [5.41, 5.74) is 6.69. The van der Waals surface area contributed by atoms with Crippen molar-refractivity contribution >= 4 is 6.21 Å². The fourth-order valence-corrected chi connectivity index (χ4v) is 2.47. The monoisotopic (exact) mass is 261 g/mol. The molecular weight excluding hydrogens is 238 g/mol. The molecule has 4 heteroatoms. The summed E-state index contributed by atoms with van der Waals surface area (Å²) in [5.74, 6) is 1.19. The molecule has 0 radical (unpaired) electrons. The van der Waals surface area contributed by atoms with E-state index in [0.717, 1.165) is 30.8 Å². The average molecular weight is 261 g/mol. The molecule has 1 heterocycles. The highest BCUT2D eigenvalue weighted by Gasteiger charge is 2.27. The van der Waals surface area contributed by atoms with Crippen LogP contribution in [-0.2, 0) is 4.74 Å². The fourth-order valence-electron chi connectivity index (χ4n) is 2.47. The number of fused-ring (bicyclic) bond motifs is 1. The minimum absolute atomic E-state index is 0.157. The molecule has 0 aromatic rings. The van der Waals surface area contributed by atoms with Crippen LogP contribution in [0.1, 0.15) is 19.8 Å². The third-order valence-corrected chi connectivity index (χ3v) is 3.49. The van der Waals surface area contributed by atoms with Crippen molar-refractivity contribution in [1.82, 2.24) is 5.32 Å². The van der Waals surface area contributed by atoms with Crippen molar-refractivity contribution in [1.29, 1.82) is 0 Å². The minimum Gasteiger partial charge on any atom is -0.497 e. The second-order valence-electron chi connectivity index (χ2n) is 5.05. The second kappa shape index (κ2) is 6.57. The topological polar surface area (TPSA) is 59.6 Å². The van der Waals surface area contributed by atoms with Crippen molar-refractivity contribution in [3.8, 4) is 0 Å². The molecule has 0 spiro atoms. The van der Waals surface area contributed by atoms with Crippen LogP contribution in [-0.4, -0.2) is 32.0 Å². The Hall–Kier alpha value is -1.55. The van der Waals surface area contributed by atoms with Crippen molar-refractivity contribution in [2.75, 3.05) is 13.7 Å². The number of methoxy groups -OCH3 is 1. The van der Waals surface area contributed by atoms with Crippen LogP contribution in [0.25, 0.3) is 0 Å². The Labute approximate surface area is 115 Å². The van der Waals surface area contributed by atoms with Gasteiger partial charge in [0, 0.05) is 29.9 Å². The van der Waals surface area contributed by atoms with Crippen LogP contribution >= 0.6 is 0 Å². The molecule has 1 aliphatic heterocycles. The number of hydrogen-bond donors (Lipinski definition) is 2. The summed E-state index contributed by atoms with van der Waals surface area (Å²) >= 11 is 0. The summed E-state index contributed by atoms with van der Waals surface area (Å²) in [5, 5.41) is 3.55. The van der Waals surface area contributed by atoms with Gasteiger partial charge in [-0.15, -0.1) is 0 Å². The SMILES string of the molecule is COC1=CC2C=CC=NC2C(NC(C)CCCN)=C1. The van der Waals surface area contributed by atoms with Gasteiger partial charge in [0.2, 0.25) is 0 Å². The Bertz CT molecular complexity index is 423. The van der Waals surface area contributed by atoms with E-state index in [1.54, 1.807) is 7.11 Å². The van der Waals surface area contributed by atoms with Crippen molar-refractivity contribution in [2.45, 2.75) is 31.8 Å². The highest BCUT2D eigenvalue weighted by atomic mass is 16.5. The molecule has 0 aromatic carbocycles. The normalized spacial score (nSPS) is 26.3. The lowest BCUT2D eigenvalue weighted by molar-refractivity contribution is 0.297. The number of hydrogen-bond acceptors (Lipinski definition) is 4. The van der Waals surface area contributed by atoms with Crippen LogP contribution in [0.4, 0.5) is 0 Å². The summed E-state index contributed by atoms with van der Waals surface area (Å²) in [6.07, 6.45) is 12.3. The molecule has 104 valence electrons. The molecule has 19 heavy (non-hydrogen) atoms. The summed E-state index contributed by atoms with van der Waals surface area (Å²) in [4.78, 5) is 4.57. The molecule has 0 saturated heterocycles. The van der Waals surface area contributed by atoms with E-state index >= 15 is 0 Å². The maximum Gasteiger partial charge on any atom is 0.117 e. The largest absolute Gasteiger partial charge is 0.497 e. The Morgan fingerprint density at radius 2 is 2.37 bits per heavy atom. The maximum atomic E-state index is 5.56. The van der Waals surface area contributed by atoms with Crippen LogP contribution < -0.4 is 11.1 Å². The van der Waals surface area contributed by atoms with Gasteiger partial charge in [-0.1, -0.05) is 6.08 Å². The van der Waals surface area contributed by atoms with E-state index in [1.807, 2.05) is 12.3 Å². The van der Waals surface area contributed by atoms with Gasteiger partial charge >= 0.3 is 0 Å². The smallest absolute Gasteiger partial charge is 0.117 e. The Balaban J connectivity index is 2.08. The van der Waals surface area contributed by atoms with Crippen molar-refractivity contribution in [3.63, 3.8) is 0 Å². The number of rotatable bonds is 6. The number of dihydropyridines is 1. The van der Waals surface area contributed by atoms with Gasteiger partial charge in [0.1, 0.15) is 5.76 Å².